The van der Waals surface area contributed by atoms with Gasteiger partial charge in [0.1, 0.15) is 6.61 Å². The van der Waals surface area contributed by atoms with Crippen LogP contribution in [0.1, 0.15) is 25.7 Å². The van der Waals surface area contributed by atoms with E-state index in [1.54, 1.807) is 0 Å². The molecule has 1 N–H and O–H groups in total. The molecular formula is C12H20F3NO. The molecule has 2 aliphatic carbocycles. The van der Waals surface area contributed by atoms with Crippen molar-refractivity contribution in [1.29, 1.82) is 0 Å². The highest BCUT2D eigenvalue weighted by Crippen LogP contribution is 2.60. The minimum atomic E-state index is -4.20. The summed E-state index contributed by atoms with van der Waals surface area (Å²) < 4.78 is 40.5. The molecule has 0 bridgehead atoms. The first-order chi connectivity index (χ1) is 7.94. The highest BCUT2D eigenvalue weighted by atomic mass is 19.4. The van der Waals surface area contributed by atoms with Crippen molar-refractivity contribution in [3.63, 3.8) is 0 Å². The molecule has 0 spiro atoms. The lowest BCUT2D eigenvalue weighted by atomic mass is 9.80. The molecule has 2 saturated carbocycles. The lowest BCUT2D eigenvalue weighted by Crippen LogP contribution is -2.33. The van der Waals surface area contributed by atoms with Crippen LogP contribution >= 0.6 is 0 Å². The normalized spacial score (nSPS) is 36.0. The number of nitrogens with one attached hydrogen (secondary N) is 1. The second-order valence-corrected chi connectivity index (χ2v) is 5.61. The van der Waals surface area contributed by atoms with Gasteiger partial charge in [0.25, 0.3) is 0 Å². The Labute approximate surface area is 99.9 Å². The van der Waals surface area contributed by atoms with Crippen molar-refractivity contribution in [2.45, 2.75) is 31.9 Å². The molecule has 0 saturated heterocycles. The van der Waals surface area contributed by atoms with Crippen LogP contribution < -0.4 is 5.32 Å². The third-order valence-corrected chi connectivity index (χ3v) is 4.05. The summed E-state index contributed by atoms with van der Waals surface area (Å²) in [6, 6.07) is 0. The number of halogens is 3. The summed E-state index contributed by atoms with van der Waals surface area (Å²) in [7, 11) is 1.91. The number of rotatable bonds is 6. The molecule has 0 aromatic rings. The summed E-state index contributed by atoms with van der Waals surface area (Å²) in [5, 5.41) is 3.17. The zero-order valence-electron chi connectivity index (χ0n) is 10.1. The third-order valence-electron chi connectivity index (χ3n) is 4.05. The first-order valence-electron chi connectivity index (χ1n) is 6.23. The molecule has 0 heterocycles. The molecule has 2 fully saturated rings. The number of ether oxygens (including phenoxy) is 1. The van der Waals surface area contributed by atoms with Crippen molar-refractivity contribution in [3.05, 3.63) is 0 Å². The quantitative estimate of drug-likeness (QED) is 0.733. The second-order valence-electron chi connectivity index (χ2n) is 5.61. The molecule has 0 amide bonds. The van der Waals surface area contributed by atoms with Crippen molar-refractivity contribution in [2.75, 3.05) is 26.8 Å². The smallest absolute Gasteiger partial charge is 0.372 e. The topological polar surface area (TPSA) is 21.3 Å². The van der Waals surface area contributed by atoms with Gasteiger partial charge >= 0.3 is 6.18 Å². The van der Waals surface area contributed by atoms with E-state index in [0.717, 1.165) is 37.6 Å². The second kappa shape index (κ2) is 4.76. The minimum Gasteiger partial charge on any atom is -0.372 e. The van der Waals surface area contributed by atoms with E-state index in [2.05, 4.69) is 5.32 Å². The molecule has 2 nitrogen and oxygen atoms in total. The van der Waals surface area contributed by atoms with Crippen LogP contribution in [0.3, 0.4) is 0 Å². The number of alkyl halides is 3. The summed E-state index contributed by atoms with van der Waals surface area (Å²) >= 11 is 0. The van der Waals surface area contributed by atoms with E-state index in [1.165, 1.54) is 6.42 Å². The fourth-order valence-corrected chi connectivity index (χ4v) is 3.29. The molecule has 0 aromatic carbocycles. The number of fused-ring (bicyclic) bond motifs is 1. The third kappa shape index (κ3) is 3.58. The van der Waals surface area contributed by atoms with Gasteiger partial charge < -0.3 is 10.1 Å². The maximum atomic E-state index is 11.9. The van der Waals surface area contributed by atoms with Gasteiger partial charge in [-0.05, 0) is 50.0 Å². The van der Waals surface area contributed by atoms with Gasteiger partial charge in [-0.25, -0.2) is 0 Å². The van der Waals surface area contributed by atoms with E-state index in [4.69, 9.17) is 4.74 Å². The summed E-state index contributed by atoms with van der Waals surface area (Å²) in [6.45, 7) is 0.00545. The molecule has 2 aliphatic rings. The largest absolute Gasteiger partial charge is 0.411 e. The summed E-state index contributed by atoms with van der Waals surface area (Å²) in [5.41, 5.74) is 0.188. The van der Waals surface area contributed by atoms with Crippen LogP contribution in [-0.4, -0.2) is 33.0 Å². The fourth-order valence-electron chi connectivity index (χ4n) is 3.29. The lowest BCUT2D eigenvalue weighted by molar-refractivity contribution is -0.175. The zero-order valence-corrected chi connectivity index (χ0v) is 10.1. The minimum absolute atomic E-state index is 0.188. The van der Waals surface area contributed by atoms with Crippen LogP contribution in [-0.2, 0) is 4.74 Å². The highest BCUT2D eigenvalue weighted by Gasteiger charge is 2.52. The van der Waals surface area contributed by atoms with Crippen molar-refractivity contribution in [3.8, 4) is 0 Å². The molecule has 0 aliphatic heterocycles. The molecule has 5 heteroatoms. The van der Waals surface area contributed by atoms with Crippen molar-refractivity contribution >= 4 is 0 Å². The van der Waals surface area contributed by atoms with Crippen LogP contribution in [0.5, 0.6) is 0 Å². The summed E-state index contributed by atoms with van der Waals surface area (Å²) in [6.07, 6.45) is 0.196. The molecule has 2 rings (SSSR count). The van der Waals surface area contributed by atoms with E-state index in [9.17, 15) is 13.2 Å². The predicted octanol–water partition coefficient (Wildman–Crippen LogP) is 2.59. The van der Waals surface area contributed by atoms with E-state index < -0.39 is 12.8 Å². The molecule has 100 valence electrons. The zero-order chi connectivity index (χ0) is 12.5. The molecule has 0 radical (unpaired) electrons. The van der Waals surface area contributed by atoms with Gasteiger partial charge in [0, 0.05) is 13.2 Å². The summed E-state index contributed by atoms with van der Waals surface area (Å²) in [4.78, 5) is 0. The van der Waals surface area contributed by atoms with E-state index in [1.807, 2.05) is 7.05 Å². The molecule has 2 unspecified atom stereocenters. The molecular weight excluding hydrogens is 231 g/mol. The van der Waals surface area contributed by atoms with Gasteiger partial charge in [-0.2, -0.15) is 13.2 Å². The Balaban J connectivity index is 1.71. The van der Waals surface area contributed by atoms with Gasteiger partial charge in [0.2, 0.25) is 0 Å². The lowest BCUT2D eigenvalue weighted by Gasteiger charge is -2.30. The van der Waals surface area contributed by atoms with Crippen LogP contribution in [0.2, 0.25) is 0 Å². The first-order valence-corrected chi connectivity index (χ1v) is 6.23. The van der Waals surface area contributed by atoms with E-state index in [-0.39, 0.29) is 12.0 Å². The average Bonchev–Trinajstić information content (AvgIpc) is 2.82. The Morgan fingerprint density at radius 2 is 1.94 bits per heavy atom. The van der Waals surface area contributed by atoms with Gasteiger partial charge in [-0.1, -0.05) is 0 Å². The van der Waals surface area contributed by atoms with Crippen molar-refractivity contribution in [1.82, 2.24) is 5.32 Å². The SMILES string of the molecule is CNCC1(CCOCC(F)(F)F)CC2CC2C1. The predicted molar refractivity (Wildman–Crippen MR) is 58.7 cm³/mol. The first kappa shape index (κ1) is 13.1. The Morgan fingerprint density at radius 1 is 1.29 bits per heavy atom. The van der Waals surface area contributed by atoms with Gasteiger partial charge in [0.15, 0.2) is 0 Å². The van der Waals surface area contributed by atoms with Gasteiger partial charge in [-0.15, -0.1) is 0 Å². The van der Waals surface area contributed by atoms with Gasteiger partial charge in [0.05, 0.1) is 0 Å². The van der Waals surface area contributed by atoms with Crippen LogP contribution in [0.25, 0.3) is 0 Å². The maximum Gasteiger partial charge on any atom is 0.411 e. The average molecular weight is 251 g/mol. The van der Waals surface area contributed by atoms with Crippen LogP contribution in [0.15, 0.2) is 0 Å². The maximum absolute atomic E-state index is 11.9. The Bertz CT molecular complexity index is 257. The standard InChI is InChI=1S/C12H20F3NO/c1-16-7-11(5-9-4-10(9)6-11)2-3-17-8-12(13,14)15/h9-10,16H,2-8H2,1H3. The van der Waals surface area contributed by atoms with Crippen molar-refractivity contribution < 1.29 is 17.9 Å². The Kier molecular flexibility index (Phi) is 3.69. The monoisotopic (exact) mass is 251 g/mol. The summed E-state index contributed by atoms with van der Waals surface area (Å²) in [5.74, 6) is 1.68. The number of hydrogen-bond acceptors (Lipinski definition) is 2. The molecule has 0 aromatic heterocycles. The fraction of sp³-hybridized carbons (Fsp3) is 1.00. The number of hydrogen-bond donors (Lipinski definition) is 1. The van der Waals surface area contributed by atoms with Crippen molar-refractivity contribution in [2.24, 2.45) is 17.3 Å². The van der Waals surface area contributed by atoms with E-state index in [0.29, 0.717) is 0 Å². The highest BCUT2D eigenvalue weighted by molar-refractivity contribution is 5.03. The molecule has 17 heavy (non-hydrogen) atoms. The Hall–Kier alpha value is -0.290. The molecule has 2 atom stereocenters. The van der Waals surface area contributed by atoms with E-state index >= 15 is 0 Å². The Morgan fingerprint density at radius 3 is 2.47 bits per heavy atom. The van der Waals surface area contributed by atoms with Crippen LogP contribution in [0.4, 0.5) is 13.2 Å². The van der Waals surface area contributed by atoms with Gasteiger partial charge in [-0.3, -0.25) is 0 Å². The van der Waals surface area contributed by atoms with Crippen LogP contribution in [0, 0.1) is 17.3 Å².